The lowest BCUT2D eigenvalue weighted by molar-refractivity contribution is 0.558. The number of rotatable bonds is 4. The van der Waals surface area contributed by atoms with Crippen LogP contribution in [0.25, 0.3) is 0 Å². The first-order chi connectivity index (χ1) is 8.96. The monoisotopic (exact) mass is 289 g/mol. The van der Waals surface area contributed by atoms with Crippen LogP contribution in [-0.2, 0) is 0 Å². The zero-order valence-electron chi connectivity index (χ0n) is 11.8. The first kappa shape index (κ1) is 14.0. The molecule has 1 aromatic carbocycles. The molecule has 19 heavy (non-hydrogen) atoms. The maximum atomic E-state index is 6.11. The van der Waals surface area contributed by atoms with Crippen molar-refractivity contribution in [3.63, 3.8) is 0 Å². The van der Waals surface area contributed by atoms with Crippen LogP contribution in [0.1, 0.15) is 10.4 Å². The van der Waals surface area contributed by atoms with Crippen LogP contribution >= 0.6 is 11.3 Å². The molecule has 1 heterocycles. The molecule has 0 spiro atoms. The lowest BCUT2D eigenvalue weighted by atomic mass is 10.2. The third kappa shape index (κ3) is 4.04. The lowest BCUT2D eigenvalue weighted by Crippen LogP contribution is -2.29. The molecule has 0 aliphatic carbocycles. The number of hydrogen-bond acceptors (Lipinski definition) is 3. The molecule has 0 N–H and O–H groups in total. The standard InChI is InChI=1S/C15H19NOSSi/c1-12-7-5-9-14(17-19(2,3)4)15(12)16-11-13-8-6-10-18-13/h5-11H,1-4H3/b16-11+. The Hall–Kier alpha value is -1.39. The second-order valence-electron chi connectivity index (χ2n) is 5.41. The SMILES string of the molecule is Cc1cccc(O[Si](C)(C)C)c1/N=C/c1cccs1. The Kier molecular flexibility index (Phi) is 4.22. The summed E-state index contributed by atoms with van der Waals surface area (Å²) < 4.78 is 6.11. The molecule has 0 bridgehead atoms. The van der Waals surface area contributed by atoms with Crippen molar-refractivity contribution in [1.29, 1.82) is 0 Å². The summed E-state index contributed by atoms with van der Waals surface area (Å²) >= 11 is 1.69. The summed E-state index contributed by atoms with van der Waals surface area (Å²) in [6.07, 6.45) is 1.91. The van der Waals surface area contributed by atoms with Crippen molar-refractivity contribution in [2.75, 3.05) is 0 Å². The van der Waals surface area contributed by atoms with Gasteiger partial charge in [0.15, 0.2) is 0 Å². The number of aliphatic imine (C=N–C) groups is 1. The van der Waals surface area contributed by atoms with Gasteiger partial charge >= 0.3 is 0 Å². The van der Waals surface area contributed by atoms with E-state index in [0.717, 1.165) is 21.9 Å². The Morgan fingerprint density at radius 2 is 1.95 bits per heavy atom. The highest BCUT2D eigenvalue weighted by atomic mass is 32.1. The fraction of sp³-hybridized carbons (Fsp3) is 0.267. The number of para-hydroxylation sites is 1. The third-order valence-electron chi connectivity index (χ3n) is 2.48. The molecule has 0 aliphatic heterocycles. The molecular formula is C15H19NOSSi. The molecule has 0 saturated carbocycles. The van der Waals surface area contributed by atoms with Crippen LogP contribution in [0.2, 0.25) is 19.6 Å². The van der Waals surface area contributed by atoms with Crippen molar-refractivity contribution >= 4 is 31.6 Å². The van der Waals surface area contributed by atoms with Gasteiger partial charge in [0.25, 0.3) is 0 Å². The lowest BCUT2D eigenvalue weighted by Gasteiger charge is -2.21. The highest BCUT2D eigenvalue weighted by Gasteiger charge is 2.18. The number of thiophene rings is 1. The second-order valence-corrected chi connectivity index (χ2v) is 10.8. The van der Waals surface area contributed by atoms with E-state index in [-0.39, 0.29) is 0 Å². The summed E-state index contributed by atoms with van der Waals surface area (Å²) in [6, 6.07) is 10.2. The van der Waals surface area contributed by atoms with E-state index >= 15 is 0 Å². The van der Waals surface area contributed by atoms with Crippen molar-refractivity contribution < 1.29 is 4.43 Å². The van der Waals surface area contributed by atoms with Crippen molar-refractivity contribution in [3.8, 4) is 5.75 Å². The smallest absolute Gasteiger partial charge is 0.242 e. The van der Waals surface area contributed by atoms with Gasteiger partial charge in [0, 0.05) is 11.1 Å². The Morgan fingerprint density at radius 3 is 2.58 bits per heavy atom. The van der Waals surface area contributed by atoms with Crippen LogP contribution in [0.4, 0.5) is 5.69 Å². The number of hydrogen-bond donors (Lipinski definition) is 0. The van der Waals surface area contributed by atoms with Crippen molar-refractivity contribution in [1.82, 2.24) is 0 Å². The van der Waals surface area contributed by atoms with Gasteiger partial charge in [-0.3, -0.25) is 4.99 Å². The maximum absolute atomic E-state index is 6.11. The molecule has 0 unspecified atom stereocenters. The Labute approximate surface area is 119 Å². The van der Waals surface area contributed by atoms with Crippen LogP contribution in [0.3, 0.4) is 0 Å². The quantitative estimate of drug-likeness (QED) is 0.572. The number of aryl methyl sites for hydroxylation is 1. The average Bonchev–Trinajstić information content (AvgIpc) is 2.79. The Balaban J connectivity index is 2.33. The van der Waals surface area contributed by atoms with Crippen LogP contribution in [0.5, 0.6) is 5.75 Å². The van der Waals surface area contributed by atoms with E-state index in [1.54, 1.807) is 11.3 Å². The van der Waals surface area contributed by atoms with Gasteiger partial charge in [0.1, 0.15) is 11.4 Å². The molecule has 100 valence electrons. The fourth-order valence-corrected chi connectivity index (χ4v) is 3.11. The van der Waals surface area contributed by atoms with Gasteiger partial charge in [-0.25, -0.2) is 0 Å². The van der Waals surface area contributed by atoms with Crippen LogP contribution in [-0.4, -0.2) is 14.5 Å². The van der Waals surface area contributed by atoms with E-state index in [4.69, 9.17) is 4.43 Å². The number of benzene rings is 1. The van der Waals surface area contributed by atoms with Gasteiger partial charge in [-0.05, 0) is 49.6 Å². The van der Waals surface area contributed by atoms with Gasteiger partial charge < -0.3 is 4.43 Å². The van der Waals surface area contributed by atoms with Gasteiger partial charge in [-0.15, -0.1) is 11.3 Å². The number of nitrogens with zero attached hydrogens (tertiary/aromatic N) is 1. The highest BCUT2D eigenvalue weighted by Crippen LogP contribution is 2.32. The Morgan fingerprint density at radius 1 is 1.16 bits per heavy atom. The van der Waals surface area contributed by atoms with E-state index in [2.05, 4.69) is 49.1 Å². The second kappa shape index (κ2) is 5.71. The molecule has 0 fully saturated rings. The third-order valence-corrected chi connectivity index (χ3v) is 4.12. The largest absolute Gasteiger partial charge is 0.543 e. The fourth-order valence-electron chi connectivity index (χ4n) is 1.70. The normalized spacial score (nSPS) is 12.0. The molecule has 0 radical (unpaired) electrons. The van der Waals surface area contributed by atoms with Crippen molar-refractivity contribution in [3.05, 3.63) is 46.2 Å². The minimum atomic E-state index is -1.62. The van der Waals surface area contributed by atoms with Gasteiger partial charge in [0.2, 0.25) is 8.32 Å². The molecule has 2 nitrogen and oxygen atoms in total. The van der Waals surface area contributed by atoms with Crippen LogP contribution < -0.4 is 4.43 Å². The zero-order chi connectivity index (χ0) is 13.9. The molecule has 1 aromatic heterocycles. The molecular weight excluding hydrogens is 270 g/mol. The van der Waals surface area contributed by atoms with Crippen LogP contribution in [0.15, 0.2) is 40.7 Å². The minimum absolute atomic E-state index is 0.895. The van der Waals surface area contributed by atoms with Gasteiger partial charge in [-0.2, -0.15) is 0 Å². The average molecular weight is 289 g/mol. The maximum Gasteiger partial charge on any atom is 0.242 e. The van der Waals surface area contributed by atoms with E-state index < -0.39 is 8.32 Å². The molecule has 0 aliphatic rings. The molecule has 0 atom stereocenters. The van der Waals surface area contributed by atoms with Crippen LogP contribution in [0, 0.1) is 6.92 Å². The van der Waals surface area contributed by atoms with E-state index in [1.807, 2.05) is 24.4 Å². The predicted octanol–water partition coefficient (Wildman–Crippen LogP) is 5.02. The summed E-state index contributed by atoms with van der Waals surface area (Å²) in [4.78, 5) is 5.77. The van der Waals surface area contributed by atoms with Gasteiger partial charge in [-0.1, -0.05) is 18.2 Å². The topological polar surface area (TPSA) is 21.6 Å². The predicted molar refractivity (Wildman–Crippen MR) is 86.7 cm³/mol. The van der Waals surface area contributed by atoms with Gasteiger partial charge in [0.05, 0.1) is 0 Å². The van der Waals surface area contributed by atoms with Crippen molar-refractivity contribution in [2.45, 2.75) is 26.6 Å². The summed E-state index contributed by atoms with van der Waals surface area (Å²) in [7, 11) is -1.62. The first-order valence-corrected chi connectivity index (χ1v) is 10.6. The van der Waals surface area contributed by atoms with Crippen molar-refractivity contribution in [2.24, 2.45) is 4.99 Å². The van der Waals surface area contributed by atoms with E-state index in [9.17, 15) is 0 Å². The Bertz CT molecular complexity index is 570. The first-order valence-electron chi connectivity index (χ1n) is 6.32. The zero-order valence-corrected chi connectivity index (χ0v) is 13.6. The minimum Gasteiger partial charge on any atom is -0.543 e. The summed E-state index contributed by atoms with van der Waals surface area (Å²) in [6.45, 7) is 8.62. The molecule has 2 rings (SSSR count). The summed E-state index contributed by atoms with van der Waals surface area (Å²) in [5, 5.41) is 2.05. The van der Waals surface area contributed by atoms with E-state index in [0.29, 0.717) is 0 Å². The molecule has 4 heteroatoms. The highest BCUT2D eigenvalue weighted by molar-refractivity contribution is 7.11. The van der Waals surface area contributed by atoms with E-state index in [1.165, 1.54) is 0 Å². The molecule has 0 saturated heterocycles. The molecule has 0 amide bonds. The molecule has 2 aromatic rings. The summed E-state index contributed by atoms with van der Waals surface area (Å²) in [5.41, 5.74) is 2.09. The summed E-state index contributed by atoms with van der Waals surface area (Å²) in [5.74, 6) is 0.895.